The summed E-state index contributed by atoms with van der Waals surface area (Å²) in [5, 5.41) is 0. The van der Waals surface area contributed by atoms with Gasteiger partial charge in [-0.1, -0.05) is 0 Å². The molecule has 0 bridgehead atoms. The summed E-state index contributed by atoms with van der Waals surface area (Å²) in [7, 11) is 1.66. The molecule has 56 valence electrons. The van der Waals surface area contributed by atoms with Gasteiger partial charge in [-0.3, -0.25) is 0 Å². The van der Waals surface area contributed by atoms with E-state index in [-0.39, 0.29) is 6.04 Å². The molecule has 0 fully saturated rings. The predicted molar refractivity (Wildman–Crippen MR) is 38.1 cm³/mol. The smallest absolute Gasteiger partial charge is 0.0613 e. The fourth-order valence-corrected chi connectivity index (χ4v) is 0.677. The van der Waals surface area contributed by atoms with E-state index in [0.717, 1.165) is 19.4 Å². The van der Waals surface area contributed by atoms with Gasteiger partial charge in [0.05, 0.1) is 6.61 Å². The van der Waals surface area contributed by atoms with Crippen molar-refractivity contribution in [2.24, 2.45) is 11.5 Å². The highest BCUT2D eigenvalue weighted by Gasteiger charge is 1.98. The lowest BCUT2D eigenvalue weighted by Gasteiger charge is -2.07. The third kappa shape index (κ3) is 5.76. The van der Waals surface area contributed by atoms with Crippen LogP contribution < -0.4 is 11.5 Å². The minimum atomic E-state index is 0.165. The van der Waals surface area contributed by atoms with Crippen molar-refractivity contribution in [3.8, 4) is 0 Å². The van der Waals surface area contributed by atoms with Crippen LogP contribution in [-0.2, 0) is 4.74 Å². The van der Waals surface area contributed by atoms with E-state index in [1.807, 2.05) is 0 Å². The summed E-state index contributed by atoms with van der Waals surface area (Å²) in [6, 6.07) is 0.165. The molecule has 0 rings (SSSR count). The molecule has 3 heteroatoms. The predicted octanol–water partition coefficient (Wildman–Crippen LogP) is -0.301. The van der Waals surface area contributed by atoms with Gasteiger partial charge in [0.15, 0.2) is 0 Å². The average Bonchev–Trinajstić information content (AvgIpc) is 1.85. The van der Waals surface area contributed by atoms with Crippen molar-refractivity contribution in [1.29, 1.82) is 0 Å². The second-order valence-corrected chi connectivity index (χ2v) is 2.15. The highest BCUT2D eigenvalue weighted by atomic mass is 16.5. The van der Waals surface area contributed by atoms with Crippen LogP contribution in [0.2, 0.25) is 0 Å². The van der Waals surface area contributed by atoms with Gasteiger partial charge in [-0.25, -0.2) is 0 Å². The van der Waals surface area contributed by atoms with Crippen molar-refractivity contribution >= 4 is 0 Å². The van der Waals surface area contributed by atoms with E-state index in [4.69, 9.17) is 16.2 Å². The number of hydrogen-bond acceptors (Lipinski definition) is 3. The first-order chi connectivity index (χ1) is 4.31. The molecule has 0 radical (unpaired) electrons. The third-order valence-electron chi connectivity index (χ3n) is 1.16. The summed E-state index contributed by atoms with van der Waals surface area (Å²) in [6.45, 7) is 1.36. The SMILES string of the molecule is COC[C@H](N)CCCN. The van der Waals surface area contributed by atoms with E-state index in [9.17, 15) is 0 Å². The zero-order valence-corrected chi connectivity index (χ0v) is 5.97. The number of hydrogen-bond donors (Lipinski definition) is 2. The van der Waals surface area contributed by atoms with E-state index in [2.05, 4.69) is 0 Å². The summed E-state index contributed by atoms with van der Waals surface area (Å²) in [4.78, 5) is 0. The first-order valence-corrected chi connectivity index (χ1v) is 3.26. The summed E-state index contributed by atoms with van der Waals surface area (Å²) < 4.78 is 4.83. The summed E-state index contributed by atoms with van der Waals surface area (Å²) in [5.41, 5.74) is 10.9. The van der Waals surface area contributed by atoms with Gasteiger partial charge in [0.2, 0.25) is 0 Å². The van der Waals surface area contributed by atoms with Gasteiger partial charge in [-0.15, -0.1) is 0 Å². The highest BCUT2D eigenvalue weighted by Crippen LogP contribution is 1.91. The topological polar surface area (TPSA) is 61.3 Å². The Kier molecular flexibility index (Phi) is 5.93. The molecule has 9 heavy (non-hydrogen) atoms. The van der Waals surface area contributed by atoms with Crippen molar-refractivity contribution in [2.75, 3.05) is 20.3 Å². The van der Waals surface area contributed by atoms with E-state index in [1.165, 1.54) is 0 Å². The zero-order chi connectivity index (χ0) is 7.11. The largest absolute Gasteiger partial charge is 0.383 e. The summed E-state index contributed by atoms with van der Waals surface area (Å²) >= 11 is 0. The molecule has 0 aliphatic rings. The number of methoxy groups -OCH3 is 1. The molecule has 0 saturated carbocycles. The second-order valence-electron chi connectivity index (χ2n) is 2.15. The van der Waals surface area contributed by atoms with Gasteiger partial charge in [-0.2, -0.15) is 0 Å². The van der Waals surface area contributed by atoms with Crippen LogP contribution in [0.3, 0.4) is 0 Å². The van der Waals surface area contributed by atoms with E-state index in [1.54, 1.807) is 7.11 Å². The van der Waals surface area contributed by atoms with Crippen LogP contribution in [0.1, 0.15) is 12.8 Å². The van der Waals surface area contributed by atoms with Gasteiger partial charge in [0.1, 0.15) is 0 Å². The first-order valence-electron chi connectivity index (χ1n) is 3.26. The lowest BCUT2D eigenvalue weighted by atomic mass is 10.2. The molecule has 0 spiro atoms. The van der Waals surface area contributed by atoms with Gasteiger partial charge >= 0.3 is 0 Å². The van der Waals surface area contributed by atoms with Crippen molar-refractivity contribution < 1.29 is 4.74 Å². The monoisotopic (exact) mass is 132 g/mol. The minimum Gasteiger partial charge on any atom is -0.383 e. The van der Waals surface area contributed by atoms with Crippen LogP contribution in [0.15, 0.2) is 0 Å². The molecule has 0 saturated heterocycles. The van der Waals surface area contributed by atoms with E-state index in [0.29, 0.717) is 6.61 Å². The Morgan fingerprint density at radius 2 is 2.22 bits per heavy atom. The molecule has 0 unspecified atom stereocenters. The number of rotatable bonds is 5. The highest BCUT2D eigenvalue weighted by molar-refractivity contribution is 4.58. The molecule has 3 nitrogen and oxygen atoms in total. The minimum absolute atomic E-state index is 0.165. The van der Waals surface area contributed by atoms with Gasteiger partial charge in [-0.05, 0) is 19.4 Å². The van der Waals surface area contributed by atoms with Gasteiger partial charge in [0.25, 0.3) is 0 Å². The standard InChI is InChI=1S/C6H16N2O/c1-9-5-6(8)3-2-4-7/h6H,2-5,7-8H2,1H3/t6-/m1/s1. The maximum Gasteiger partial charge on any atom is 0.0613 e. The zero-order valence-electron chi connectivity index (χ0n) is 5.97. The van der Waals surface area contributed by atoms with E-state index >= 15 is 0 Å². The lowest BCUT2D eigenvalue weighted by molar-refractivity contribution is 0.176. The van der Waals surface area contributed by atoms with Crippen LogP contribution >= 0.6 is 0 Å². The first kappa shape index (κ1) is 8.88. The third-order valence-corrected chi connectivity index (χ3v) is 1.16. The van der Waals surface area contributed by atoms with Crippen molar-refractivity contribution in [2.45, 2.75) is 18.9 Å². The van der Waals surface area contributed by atoms with E-state index < -0.39 is 0 Å². The molecule has 4 N–H and O–H groups in total. The van der Waals surface area contributed by atoms with Crippen LogP contribution in [0.5, 0.6) is 0 Å². The molecule has 0 aliphatic carbocycles. The van der Waals surface area contributed by atoms with Crippen molar-refractivity contribution in [3.05, 3.63) is 0 Å². The molecular formula is C6H16N2O. The van der Waals surface area contributed by atoms with Crippen molar-refractivity contribution in [3.63, 3.8) is 0 Å². The molecule has 0 aromatic rings. The quantitative estimate of drug-likeness (QED) is 0.540. The van der Waals surface area contributed by atoms with Crippen LogP contribution in [0.25, 0.3) is 0 Å². The molecule has 0 aromatic carbocycles. The van der Waals surface area contributed by atoms with Gasteiger partial charge < -0.3 is 16.2 Å². The fraction of sp³-hybridized carbons (Fsp3) is 1.00. The Morgan fingerprint density at radius 1 is 1.56 bits per heavy atom. The Labute approximate surface area is 56.4 Å². The number of nitrogens with two attached hydrogens (primary N) is 2. The van der Waals surface area contributed by atoms with Crippen LogP contribution in [0, 0.1) is 0 Å². The molecule has 0 heterocycles. The Morgan fingerprint density at radius 3 is 2.67 bits per heavy atom. The lowest BCUT2D eigenvalue weighted by Crippen LogP contribution is -2.26. The Bertz CT molecular complexity index is 59.0. The Balaban J connectivity index is 2.95. The second kappa shape index (κ2) is 6.01. The fourth-order valence-electron chi connectivity index (χ4n) is 0.677. The maximum absolute atomic E-state index is 5.59. The molecule has 0 aromatic heterocycles. The van der Waals surface area contributed by atoms with Crippen LogP contribution in [0.4, 0.5) is 0 Å². The molecular weight excluding hydrogens is 116 g/mol. The number of ether oxygens (including phenoxy) is 1. The summed E-state index contributed by atoms with van der Waals surface area (Å²) in [5.74, 6) is 0. The van der Waals surface area contributed by atoms with Gasteiger partial charge in [0, 0.05) is 13.2 Å². The Hall–Kier alpha value is -0.120. The van der Waals surface area contributed by atoms with Crippen LogP contribution in [-0.4, -0.2) is 26.3 Å². The maximum atomic E-state index is 5.59. The molecule has 0 amide bonds. The molecule has 1 atom stereocenters. The van der Waals surface area contributed by atoms with Crippen molar-refractivity contribution in [1.82, 2.24) is 0 Å². The summed E-state index contributed by atoms with van der Waals surface area (Å²) in [6.07, 6.45) is 1.95. The normalized spacial score (nSPS) is 13.7. The molecule has 0 aliphatic heterocycles. The average molecular weight is 132 g/mol.